The number of halogens is 3. The summed E-state index contributed by atoms with van der Waals surface area (Å²) in [7, 11) is 5.38. The van der Waals surface area contributed by atoms with E-state index in [-0.39, 0.29) is 76.1 Å². The number of phenolic OH excluding ortho intramolecular Hbond substituents is 2. The van der Waals surface area contributed by atoms with Crippen LogP contribution in [0.3, 0.4) is 0 Å². The number of para-hydroxylation sites is 1. The van der Waals surface area contributed by atoms with Crippen molar-refractivity contribution >= 4 is 120 Å². The monoisotopic (exact) mass is 1660 g/mol. The minimum Gasteiger partial charge on any atom is -0.504 e. The zero-order chi connectivity index (χ0) is 79.4. The van der Waals surface area contributed by atoms with E-state index in [2.05, 4.69) is 37.2 Å². The zero-order valence-electron chi connectivity index (χ0n) is 62.3. The second-order valence-corrected chi connectivity index (χ2v) is 26.3. The number of carbonyl (C=O) groups excluding carboxylic acids is 4. The molecule has 0 radical (unpaired) electrons. The number of ether oxygens (including phenoxy) is 12. The van der Waals surface area contributed by atoms with Crippen LogP contribution in [0.4, 0.5) is 4.79 Å². The van der Waals surface area contributed by atoms with Crippen LogP contribution in [0.2, 0.25) is 0 Å². The number of nitrogens with one attached hydrogen (secondary N) is 1. The van der Waals surface area contributed by atoms with E-state index in [1.54, 1.807) is 108 Å². The Hall–Kier alpha value is -7.49. The maximum atomic E-state index is 11.7. The average Bonchev–Trinajstić information content (AvgIpc) is 1.63. The molecular weight excluding hydrogens is 1570 g/mol. The van der Waals surface area contributed by atoms with E-state index in [1.807, 2.05) is 45.9 Å². The smallest absolute Gasteiger partial charge is 0.499 e. The second kappa shape index (κ2) is 48.2. The number of hydrogen-bond donors (Lipinski definition) is 7. The van der Waals surface area contributed by atoms with Gasteiger partial charge in [0.25, 0.3) is 0 Å². The number of amides is 1. The number of fused-ring (bicyclic) bond motifs is 3. The van der Waals surface area contributed by atoms with E-state index >= 15 is 0 Å². The molecule has 4 aliphatic heterocycles. The highest BCUT2D eigenvalue weighted by Crippen LogP contribution is 2.38. The van der Waals surface area contributed by atoms with Gasteiger partial charge < -0.3 is 116 Å². The number of nitro groups is 1. The van der Waals surface area contributed by atoms with Gasteiger partial charge in [-0.2, -0.15) is 0 Å². The fourth-order valence-electron chi connectivity index (χ4n) is 9.88. The van der Waals surface area contributed by atoms with Gasteiger partial charge in [-0.25, -0.2) is 4.79 Å². The number of benzene rings is 6. The van der Waals surface area contributed by atoms with Crippen molar-refractivity contribution < 1.29 is 130 Å². The predicted octanol–water partition coefficient (Wildman–Crippen LogP) is 6.82. The molecule has 6 aromatic rings. The molecule has 31 nitrogen and oxygen atoms in total. The lowest BCUT2D eigenvalue weighted by Crippen LogP contribution is -2.41. The third kappa shape index (κ3) is 28.7. The molecule has 0 aromatic heterocycles. The van der Waals surface area contributed by atoms with Crippen LogP contribution < -0.4 is 56.6 Å². The predicted molar refractivity (Wildman–Crippen MR) is 411 cm³/mol. The maximum Gasteiger partial charge on any atom is 0.499 e. The molecule has 1 amide bonds. The standard InChI is InChI=1S/C15H22BNO6.C15H21BO5.C10H12BNO6.C10H14BNO4.C9H9BrO3.C7H6O3.C4H9BrO.ClH/c1-15(2,3)22-14(18)17-8-12-10-6-5-7-11(21-9-20-4)13(10)16(19)23-12;1-14(2)15(3,4)21-16(20-14)13-11(9-17)7-6-8-12(13)19-10-18-5;1-16-6-17-8-4-2-3-7-9(5-12(14)15)18-11(13)10(7)8;1-14-6-15-8-4-2-3-7-9(5-12)16-11(13)10(7)8;1-12-6-13-8-4-2-3-7(5-11)9(8)10;8-4-5-2-1-3-6(9)7(5)10;1-6-4-2-3-5;/h5-7,12,19H,8-9H2,1-4H3,(H,17,18);6-9H,10H2,1-5H3;2-4,9,13H,5-6H2,1H3;2-4,9,13H,5-6,12H2,1H3;2-5H,6H2,1H3;1-4,9-10H;2-4H2,1H3;1H. The first-order valence-electron chi connectivity index (χ1n) is 33.0. The SMILES string of the molecule is COCCCBr.COCOc1cccc(C=O)c1B1OC(C)(C)C(C)(C)O1.COCOc1cccc(C=O)c1Br.COCOc1cccc2c1B(O)OC2CN.COCOc1cccc2c1B(O)OC2CNC(=O)OC(C)(C)C.COCOc1cccc2c1B(O)OC2C[N+](=O)[O-].Cl.O=Cc1cccc(O)c1O. The van der Waals surface area contributed by atoms with Crippen molar-refractivity contribution in [1.82, 2.24) is 5.32 Å². The van der Waals surface area contributed by atoms with Crippen molar-refractivity contribution in [3.8, 4) is 40.2 Å². The van der Waals surface area contributed by atoms with Crippen LogP contribution in [0.5, 0.6) is 40.2 Å². The minimum atomic E-state index is -1.21. The number of phenols is 2. The number of rotatable bonds is 27. The summed E-state index contributed by atoms with van der Waals surface area (Å²) >= 11 is 6.53. The normalized spacial score (nSPS) is 15.6. The molecule has 38 heteroatoms. The van der Waals surface area contributed by atoms with Gasteiger partial charge in [-0.05, 0) is 130 Å². The third-order valence-corrected chi connectivity index (χ3v) is 16.9. The summed E-state index contributed by atoms with van der Waals surface area (Å²) in [5.74, 6) is 1.97. The lowest BCUT2D eigenvalue weighted by Gasteiger charge is -2.32. The molecule has 0 spiro atoms. The molecule has 3 unspecified atom stereocenters. The Labute approximate surface area is 652 Å². The van der Waals surface area contributed by atoms with E-state index in [9.17, 15) is 44.4 Å². The lowest BCUT2D eigenvalue weighted by atomic mass is 9.75. The van der Waals surface area contributed by atoms with Gasteiger partial charge in [-0.1, -0.05) is 82.7 Å². The molecule has 0 aliphatic carbocycles. The summed E-state index contributed by atoms with van der Waals surface area (Å²) in [6, 6.07) is 30.5. The summed E-state index contributed by atoms with van der Waals surface area (Å²) in [6.45, 7) is 14.7. The first kappa shape index (κ1) is 94.7. The van der Waals surface area contributed by atoms with Crippen molar-refractivity contribution in [2.45, 2.75) is 90.0 Å². The Bertz CT molecular complexity index is 3740. The second-order valence-electron chi connectivity index (χ2n) is 24.7. The van der Waals surface area contributed by atoms with Crippen molar-refractivity contribution in [2.24, 2.45) is 5.73 Å². The molecule has 6 aromatic carbocycles. The van der Waals surface area contributed by atoms with E-state index in [4.69, 9.17) is 96.1 Å². The highest BCUT2D eigenvalue weighted by Gasteiger charge is 2.53. The number of nitrogens with zero attached hydrogens (tertiary/aromatic N) is 1. The van der Waals surface area contributed by atoms with Gasteiger partial charge in [0.2, 0.25) is 6.54 Å². The Morgan fingerprint density at radius 1 is 0.574 bits per heavy atom. The van der Waals surface area contributed by atoms with Gasteiger partial charge in [0.05, 0.1) is 33.4 Å². The van der Waals surface area contributed by atoms with Gasteiger partial charge in [0.15, 0.2) is 58.0 Å². The van der Waals surface area contributed by atoms with Crippen molar-refractivity contribution in [3.05, 3.63) is 157 Å². The van der Waals surface area contributed by atoms with E-state index < -0.39 is 75.0 Å². The number of alkyl halides is 1. The Balaban J connectivity index is 0.000000335. The topological polar surface area (TPSA) is 408 Å². The van der Waals surface area contributed by atoms with Gasteiger partial charge >= 0.3 is 34.6 Å². The molecule has 3 atom stereocenters. The molecule has 0 saturated carbocycles. The zero-order valence-corrected chi connectivity index (χ0v) is 66.2. The maximum absolute atomic E-state index is 11.7. The van der Waals surface area contributed by atoms with Gasteiger partial charge in [0.1, 0.15) is 46.7 Å². The van der Waals surface area contributed by atoms with E-state index in [0.717, 1.165) is 42.1 Å². The summed E-state index contributed by atoms with van der Waals surface area (Å²) in [5.41, 5.74) is 9.64. The number of carbonyl (C=O) groups is 4. The molecule has 1 fully saturated rings. The third-order valence-electron chi connectivity index (χ3n) is 15.5. The quantitative estimate of drug-likeness (QED) is 0.00406. The van der Waals surface area contributed by atoms with Crippen LogP contribution in [-0.4, -0.2) is 209 Å². The Morgan fingerprint density at radius 2 is 0.944 bits per heavy atom. The van der Waals surface area contributed by atoms with Crippen LogP contribution in [0, 0.1) is 10.1 Å². The van der Waals surface area contributed by atoms with Crippen molar-refractivity contribution in [1.29, 1.82) is 0 Å². The Morgan fingerprint density at radius 3 is 1.33 bits per heavy atom. The Kier molecular flexibility index (Phi) is 42.3. The molecule has 4 heterocycles. The molecule has 0 bridgehead atoms. The molecule has 10 rings (SSSR count). The molecule has 4 aliphatic rings. The molecule has 108 heavy (non-hydrogen) atoms. The number of methoxy groups -OCH3 is 6. The van der Waals surface area contributed by atoms with Crippen molar-refractivity contribution in [3.63, 3.8) is 0 Å². The number of aromatic hydroxyl groups is 2. The minimum absolute atomic E-state index is 0. The fourth-order valence-corrected chi connectivity index (χ4v) is 10.6. The van der Waals surface area contributed by atoms with Crippen LogP contribution >= 0.6 is 44.3 Å². The lowest BCUT2D eigenvalue weighted by molar-refractivity contribution is -0.490. The summed E-state index contributed by atoms with van der Waals surface area (Å²) in [5, 5.41) is 61.6. The van der Waals surface area contributed by atoms with E-state index in [0.29, 0.717) is 84.6 Å². The molecule has 590 valence electrons. The molecule has 1 saturated heterocycles. The first-order chi connectivity index (χ1) is 51.0. The average molecular weight is 1660 g/mol. The number of hydrogen-bond acceptors (Lipinski definition) is 29. The number of aldehydes is 3. The van der Waals surface area contributed by atoms with Crippen LogP contribution in [0.1, 0.15) is 121 Å². The highest BCUT2D eigenvalue weighted by molar-refractivity contribution is 9.10. The van der Waals surface area contributed by atoms with Gasteiger partial charge in [-0.15, -0.1) is 12.4 Å². The van der Waals surface area contributed by atoms with Crippen LogP contribution in [0.15, 0.2) is 114 Å². The highest BCUT2D eigenvalue weighted by atomic mass is 79.9. The molecule has 8 N–H and O–H groups in total. The molecular formula is C70H94B4Br2ClN3O28. The number of nitrogens with two attached hydrogens (primary N) is 1. The van der Waals surface area contributed by atoms with Crippen LogP contribution in [-0.2, 0) is 56.4 Å². The fraction of sp³-hybridized carbons (Fsp3) is 0.429. The summed E-state index contributed by atoms with van der Waals surface area (Å²) in [4.78, 5) is 53.7. The van der Waals surface area contributed by atoms with Gasteiger partial charge in [0, 0.05) is 106 Å². The number of alkyl carbamates (subject to hydrolysis) is 1. The van der Waals surface area contributed by atoms with E-state index in [1.165, 1.54) is 46.6 Å². The largest absolute Gasteiger partial charge is 0.504 e. The summed E-state index contributed by atoms with van der Waals surface area (Å²) in [6.07, 6.45) is 1.11. The van der Waals surface area contributed by atoms with Gasteiger partial charge in [-0.3, -0.25) is 24.5 Å². The first-order valence-corrected chi connectivity index (χ1v) is 34.9. The van der Waals surface area contributed by atoms with Crippen molar-refractivity contribution in [2.75, 3.05) is 108 Å². The van der Waals surface area contributed by atoms with Crippen LogP contribution in [0.25, 0.3) is 0 Å². The summed E-state index contributed by atoms with van der Waals surface area (Å²) < 4.78 is 89.5.